The van der Waals surface area contributed by atoms with Crippen molar-refractivity contribution < 1.29 is 9.90 Å². The largest absolute Gasteiger partial charge is 0.481 e. The Labute approximate surface area is 66.6 Å². The Morgan fingerprint density at radius 3 is 2.18 bits per heavy atom. The summed E-state index contributed by atoms with van der Waals surface area (Å²) in [6.07, 6.45) is 5.52. The molecule has 2 aliphatic carbocycles. The zero-order valence-corrected chi connectivity index (χ0v) is 6.62. The average Bonchev–Trinajstić information content (AvgIpc) is 2.12. The predicted octanol–water partition coefficient (Wildman–Crippen LogP) is 1.90. The van der Waals surface area contributed by atoms with Crippen LogP contribution in [0.3, 0.4) is 0 Å². The van der Waals surface area contributed by atoms with E-state index in [2.05, 4.69) is 0 Å². The van der Waals surface area contributed by atoms with Gasteiger partial charge in [0.1, 0.15) is 0 Å². The summed E-state index contributed by atoms with van der Waals surface area (Å²) in [5, 5.41) is 8.57. The van der Waals surface area contributed by atoms with Gasteiger partial charge >= 0.3 is 5.97 Å². The van der Waals surface area contributed by atoms with Gasteiger partial charge in [0.25, 0.3) is 0 Å². The summed E-state index contributed by atoms with van der Waals surface area (Å²) >= 11 is 0. The highest BCUT2D eigenvalue weighted by molar-refractivity contribution is 5.67. The molecule has 2 unspecified atom stereocenters. The lowest BCUT2D eigenvalue weighted by molar-refractivity contribution is -0.138. The fourth-order valence-corrected chi connectivity index (χ4v) is 2.62. The number of aliphatic carboxylic acids is 1. The first kappa shape index (κ1) is 7.14. The molecule has 0 bridgehead atoms. The van der Waals surface area contributed by atoms with Crippen molar-refractivity contribution in [3.63, 3.8) is 0 Å². The van der Waals surface area contributed by atoms with Crippen LogP contribution in [-0.2, 0) is 4.79 Å². The van der Waals surface area contributed by atoms with E-state index in [4.69, 9.17) is 5.11 Å². The molecule has 2 atom stereocenters. The molecule has 0 amide bonds. The molecule has 2 saturated carbocycles. The minimum absolute atomic E-state index is 0.410. The molecule has 0 saturated heterocycles. The Balaban J connectivity index is 1.84. The van der Waals surface area contributed by atoms with Crippen molar-refractivity contribution in [1.29, 1.82) is 0 Å². The highest BCUT2D eigenvalue weighted by atomic mass is 16.4. The quantitative estimate of drug-likeness (QED) is 0.659. The Morgan fingerprint density at radius 1 is 1.27 bits per heavy atom. The summed E-state index contributed by atoms with van der Waals surface area (Å²) in [7, 11) is 0. The first-order chi connectivity index (χ1) is 5.25. The highest BCUT2D eigenvalue weighted by Gasteiger charge is 2.40. The van der Waals surface area contributed by atoms with E-state index in [9.17, 15) is 4.79 Å². The Bertz CT molecular complexity index is 164. The molecule has 0 spiro atoms. The summed E-state index contributed by atoms with van der Waals surface area (Å²) in [5.74, 6) is 1.69. The van der Waals surface area contributed by atoms with Crippen LogP contribution < -0.4 is 0 Å². The maximum atomic E-state index is 10.4. The third kappa shape index (κ3) is 1.26. The van der Waals surface area contributed by atoms with E-state index in [1.807, 2.05) is 0 Å². The monoisotopic (exact) mass is 154 g/mol. The zero-order valence-electron chi connectivity index (χ0n) is 6.62. The molecule has 11 heavy (non-hydrogen) atoms. The number of rotatable bonds is 2. The van der Waals surface area contributed by atoms with E-state index < -0.39 is 5.97 Å². The van der Waals surface area contributed by atoms with E-state index >= 15 is 0 Å². The summed E-state index contributed by atoms with van der Waals surface area (Å²) in [6.45, 7) is 0. The first-order valence-corrected chi connectivity index (χ1v) is 4.47. The third-order valence-electron chi connectivity index (χ3n) is 3.31. The molecule has 0 aliphatic heterocycles. The second-order valence-corrected chi connectivity index (χ2v) is 4.03. The van der Waals surface area contributed by atoms with E-state index in [-0.39, 0.29) is 0 Å². The number of carboxylic acid groups (broad SMARTS) is 1. The first-order valence-electron chi connectivity index (χ1n) is 4.47. The number of fused-ring (bicyclic) bond motifs is 1. The summed E-state index contributed by atoms with van der Waals surface area (Å²) in [5.41, 5.74) is 0. The van der Waals surface area contributed by atoms with Crippen molar-refractivity contribution in [2.45, 2.75) is 32.1 Å². The van der Waals surface area contributed by atoms with Crippen LogP contribution in [0.5, 0.6) is 0 Å². The van der Waals surface area contributed by atoms with Crippen LogP contribution in [0.1, 0.15) is 32.1 Å². The second kappa shape index (κ2) is 2.50. The highest BCUT2D eigenvalue weighted by Crippen LogP contribution is 2.50. The predicted molar refractivity (Wildman–Crippen MR) is 41.2 cm³/mol. The fourth-order valence-electron chi connectivity index (χ4n) is 2.62. The van der Waals surface area contributed by atoms with Gasteiger partial charge in [0, 0.05) is 6.42 Å². The van der Waals surface area contributed by atoms with Crippen LogP contribution in [0.4, 0.5) is 0 Å². The molecular weight excluding hydrogens is 140 g/mol. The van der Waals surface area contributed by atoms with Crippen LogP contribution in [0.25, 0.3) is 0 Å². The fraction of sp³-hybridized carbons (Fsp3) is 0.889. The Kier molecular flexibility index (Phi) is 1.63. The van der Waals surface area contributed by atoms with Crippen LogP contribution in [-0.4, -0.2) is 11.1 Å². The van der Waals surface area contributed by atoms with Crippen LogP contribution >= 0.6 is 0 Å². The minimum Gasteiger partial charge on any atom is -0.481 e. The standard InChI is InChI=1S/C9H14O2/c10-9(11)5-6-3-7-1-2-8(7)4-6/h6-8H,1-5H2,(H,10,11). The van der Waals surface area contributed by atoms with E-state index in [1.54, 1.807) is 0 Å². The van der Waals surface area contributed by atoms with Crippen molar-refractivity contribution in [2.24, 2.45) is 17.8 Å². The Hall–Kier alpha value is -0.530. The molecule has 0 radical (unpaired) electrons. The van der Waals surface area contributed by atoms with Crippen LogP contribution in [0.2, 0.25) is 0 Å². The van der Waals surface area contributed by atoms with Crippen molar-refractivity contribution in [3.8, 4) is 0 Å². The molecule has 0 aromatic rings. The van der Waals surface area contributed by atoms with Gasteiger partial charge in [0.05, 0.1) is 0 Å². The molecule has 2 fully saturated rings. The van der Waals surface area contributed by atoms with Crippen molar-refractivity contribution in [2.75, 3.05) is 0 Å². The third-order valence-corrected chi connectivity index (χ3v) is 3.31. The number of carbonyl (C=O) groups is 1. The molecule has 0 aromatic heterocycles. The van der Waals surface area contributed by atoms with Crippen molar-refractivity contribution in [3.05, 3.63) is 0 Å². The summed E-state index contributed by atoms with van der Waals surface area (Å²) in [4.78, 5) is 10.4. The lowest BCUT2D eigenvalue weighted by atomic mass is 9.77. The maximum Gasteiger partial charge on any atom is 0.303 e. The van der Waals surface area contributed by atoms with Gasteiger partial charge in [-0.1, -0.05) is 0 Å². The van der Waals surface area contributed by atoms with Gasteiger partial charge in [-0.05, 0) is 43.4 Å². The van der Waals surface area contributed by atoms with Gasteiger partial charge in [-0.2, -0.15) is 0 Å². The lowest BCUT2D eigenvalue weighted by Crippen LogP contribution is -2.18. The van der Waals surface area contributed by atoms with Gasteiger partial charge in [-0.25, -0.2) is 0 Å². The van der Waals surface area contributed by atoms with Gasteiger partial charge < -0.3 is 5.11 Å². The molecule has 1 N–H and O–H groups in total. The molecule has 2 nitrogen and oxygen atoms in total. The van der Waals surface area contributed by atoms with Gasteiger partial charge in [0.15, 0.2) is 0 Å². The van der Waals surface area contributed by atoms with Gasteiger partial charge in [-0.15, -0.1) is 0 Å². The summed E-state index contributed by atoms with van der Waals surface area (Å²) < 4.78 is 0. The van der Waals surface area contributed by atoms with Gasteiger partial charge in [0.2, 0.25) is 0 Å². The normalized spacial score (nSPS) is 41.3. The average molecular weight is 154 g/mol. The van der Waals surface area contributed by atoms with E-state index in [1.165, 1.54) is 25.7 Å². The Morgan fingerprint density at radius 2 is 1.82 bits per heavy atom. The summed E-state index contributed by atoms with van der Waals surface area (Å²) in [6, 6.07) is 0. The topological polar surface area (TPSA) is 37.3 Å². The molecule has 2 rings (SSSR count). The molecular formula is C9H14O2. The SMILES string of the molecule is O=C(O)CC1CC2CCC2C1. The molecule has 2 heteroatoms. The lowest BCUT2D eigenvalue weighted by Gasteiger charge is -2.29. The molecule has 0 heterocycles. The van der Waals surface area contributed by atoms with E-state index in [0.717, 1.165) is 11.8 Å². The zero-order chi connectivity index (χ0) is 7.84. The van der Waals surface area contributed by atoms with E-state index in [0.29, 0.717) is 12.3 Å². The molecule has 2 aliphatic rings. The van der Waals surface area contributed by atoms with Crippen LogP contribution in [0.15, 0.2) is 0 Å². The van der Waals surface area contributed by atoms with Gasteiger partial charge in [-0.3, -0.25) is 4.79 Å². The smallest absolute Gasteiger partial charge is 0.303 e. The maximum absolute atomic E-state index is 10.4. The number of carboxylic acids is 1. The molecule has 62 valence electrons. The number of hydrogen-bond acceptors (Lipinski definition) is 1. The number of hydrogen-bond donors (Lipinski definition) is 1. The molecule has 0 aromatic carbocycles. The van der Waals surface area contributed by atoms with Crippen molar-refractivity contribution >= 4 is 5.97 Å². The van der Waals surface area contributed by atoms with Crippen molar-refractivity contribution in [1.82, 2.24) is 0 Å². The second-order valence-electron chi connectivity index (χ2n) is 4.03. The van der Waals surface area contributed by atoms with Crippen LogP contribution in [0, 0.1) is 17.8 Å². The minimum atomic E-state index is -0.615.